The number of hydrogen-bond acceptors (Lipinski definition) is 6. The van der Waals surface area contributed by atoms with E-state index in [2.05, 4.69) is 10.6 Å². The van der Waals surface area contributed by atoms with Crippen molar-refractivity contribution in [2.24, 2.45) is 5.92 Å². The van der Waals surface area contributed by atoms with Gasteiger partial charge in [0.05, 0.1) is 18.8 Å². The number of carbonyl (C=O) groups excluding carboxylic acids is 4. The molecule has 2 N–H and O–H groups in total. The largest absolute Gasteiger partial charge is 0.459 e. The number of hydrogen-bond donors (Lipinski definition) is 2. The van der Waals surface area contributed by atoms with Crippen LogP contribution in [0.5, 0.6) is 0 Å². The van der Waals surface area contributed by atoms with Crippen LogP contribution in [-0.2, 0) is 20.9 Å². The standard InChI is InChI=1S/C28H35N3O6/c32-24-18-31(28(35)37-19-21-11-5-2-6-12-21)15-7-13-22(24)29-26(33)23(17-20-9-3-1-4-10-20)30-27(34)25-14-8-16-36-25/h2,5-6,8,11-12,14,16,20,22-23H,1,3-4,7,9-10,13,15,17-19H2,(H,29,33)(H,30,34)/t22-,23-/m0/s1. The Morgan fingerprint density at radius 2 is 1.78 bits per heavy atom. The first-order valence-corrected chi connectivity index (χ1v) is 13.1. The maximum atomic E-state index is 13.3. The molecule has 0 spiro atoms. The summed E-state index contributed by atoms with van der Waals surface area (Å²) in [5.41, 5.74) is 0.864. The molecule has 1 aliphatic heterocycles. The number of carbonyl (C=O) groups is 4. The maximum Gasteiger partial charge on any atom is 0.410 e. The van der Waals surface area contributed by atoms with Crippen LogP contribution >= 0.6 is 0 Å². The van der Waals surface area contributed by atoms with Crippen LogP contribution in [0.15, 0.2) is 53.1 Å². The van der Waals surface area contributed by atoms with Gasteiger partial charge in [0, 0.05) is 6.54 Å². The molecule has 2 atom stereocenters. The minimum atomic E-state index is -0.774. The summed E-state index contributed by atoms with van der Waals surface area (Å²) in [7, 11) is 0. The van der Waals surface area contributed by atoms with Crippen molar-refractivity contribution < 1.29 is 28.3 Å². The Morgan fingerprint density at radius 1 is 1.00 bits per heavy atom. The molecule has 1 aliphatic carbocycles. The molecule has 198 valence electrons. The van der Waals surface area contributed by atoms with E-state index < -0.39 is 24.1 Å². The van der Waals surface area contributed by atoms with E-state index in [9.17, 15) is 19.2 Å². The van der Waals surface area contributed by atoms with Gasteiger partial charge in [0.25, 0.3) is 5.91 Å². The van der Waals surface area contributed by atoms with E-state index in [0.717, 1.165) is 31.2 Å². The van der Waals surface area contributed by atoms with Crippen LogP contribution in [0.4, 0.5) is 4.79 Å². The van der Waals surface area contributed by atoms with Crippen LogP contribution in [0, 0.1) is 5.92 Å². The quantitative estimate of drug-likeness (QED) is 0.558. The van der Waals surface area contributed by atoms with E-state index in [-0.39, 0.29) is 30.6 Å². The van der Waals surface area contributed by atoms with Crippen molar-refractivity contribution in [3.05, 3.63) is 60.1 Å². The highest BCUT2D eigenvalue weighted by Gasteiger charge is 2.33. The summed E-state index contributed by atoms with van der Waals surface area (Å²) in [5.74, 6) is -0.626. The van der Waals surface area contributed by atoms with Crippen LogP contribution in [0.25, 0.3) is 0 Å². The fourth-order valence-electron chi connectivity index (χ4n) is 5.04. The summed E-state index contributed by atoms with van der Waals surface area (Å²) < 4.78 is 10.6. The zero-order valence-corrected chi connectivity index (χ0v) is 21.0. The van der Waals surface area contributed by atoms with Crippen molar-refractivity contribution in [1.82, 2.24) is 15.5 Å². The van der Waals surface area contributed by atoms with Crippen LogP contribution in [0.2, 0.25) is 0 Å². The second-order valence-corrected chi connectivity index (χ2v) is 9.87. The van der Waals surface area contributed by atoms with Gasteiger partial charge in [0.15, 0.2) is 11.5 Å². The third-order valence-corrected chi connectivity index (χ3v) is 7.10. The molecular weight excluding hydrogens is 474 g/mol. The molecule has 9 heteroatoms. The topological polar surface area (TPSA) is 118 Å². The molecule has 37 heavy (non-hydrogen) atoms. The number of ether oxygens (including phenoxy) is 1. The molecule has 2 heterocycles. The summed E-state index contributed by atoms with van der Waals surface area (Å²) in [4.78, 5) is 52.9. The Hall–Kier alpha value is -3.62. The highest BCUT2D eigenvalue weighted by Crippen LogP contribution is 2.27. The normalized spacial score (nSPS) is 19.5. The highest BCUT2D eigenvalue weighted by molar-refractivity contribution is 5.97. The Kier molecular flexibility index (Phi) is 9.35. The van der Waals surface area contributed by atoms with Gasteiger partial charge in [0.2, 0.25) is 5.91 Å². The number of benzene rings is 1. The van der Waals surface area contributed by atoms with Gasteiger partial charge in [-0.1, -0.05) is 62.4 Å². The minimum absolute atomic E-state index is 0.128. The average molecular weight is 510 g/mol. The van der Waals surface area contributed by atoms with Crippen molar-refractivity contribution >= 4 is 23.7 Å². The maximum absolute atomic E-state index is 13.3. The van der Waals surface area contributed by atoms with E-state index in [0.29, 0.717) is 31.7 Å². The zero-order chi connectivity index (χ0) is 26.0. The molecule has 0 bridgehead atoms. The monoisotopic (exact) mass is 509 g/mol. The van der Waals surface area contributed by atoms with Gasteiger partial charge in [-0.05, 0) is 42.9 Å². The number of ketones is 1. The van der Waals surface area contributed by atoms with Crippen molar-refractivity contribution in [2.45, 2.75) is 70.1 Å². The Bertz CT molecular complexity index is 1050. The molecule has 1 aromatic carbocycles. The zero-order valence-electron chi connectivity index (χ0n) is 21.0. The van der Waals surface area contributed by atoms with E-state index in [1.165, 1.54) is 17.6 Å². The van der Waals surface area contributed by atoms with Crippen molar-refractivity contribution in [1.29, 1.82) is 0 Å². The summed E-state index contributed by atoms with van der Waals surface area (Å²) in [6.45, 7) is 0.361. The SMILES string of the molecule is O=C(N[C@@H](CC1CCCCC1)C(=O)N[C@H]1CCCN(C(=O)OCc2ccccc2)CC1=O)c1ccco1. The van der Waals surface area contributed by atoms with E-state index in [1.54, 1.807) is 12.1 Å². The van der Waals surface area contributed by atoms with Crippen molar-refractivity contribution in [3.63, 3.8) is 0 Å². The van der Waals surface area contributed by atoms with Gasteiger partial charge >= 0.3 is 6.09 Å². The number of rotatable bonds is 8. The van der Waals surface area contributed by atoms with Gasteiger partial charge in [-0.2, -0.15) is 0 Å². The lowest BCUT2D eigenvalue weighted by molar-refractivity contribution is -0.129. The lowest BCUT2D eigenvalue weighted by Crippen LogP contribution is -2.53. The first kappa shape index (κ1) is 26.4. The summed E-state index contributed by atoms with van der Waals surface area (Å²) >= 11 is 0. The third-order valence-electron chi connectivity index (χ3n) is 7.10. The van der Waals surface area contributed by atoms with E-state index >= 15 is 0 Å². The van der Waals surface area contributed by atoms with E-state index in [1.807, 2.05) is 30.3 Å². The number of likely N-dealkylation sites (tertiary alicyclic amines) is 1. The number of nitrogens with zero attached hydrogens (tertiary/aromatic N) is 1. The molecular formula is C28H35N3O6. The number of furan rings is 1. The number of nitrogens with one attached hydrogen (secondary N) is 2. The third kappa shape index (κ3) is 7.68. The summed E-state index contributed by atoms with van der Waals surface area (Å²) in [5, 5.41) is 5.66. The molecule has 2 aromatic rings. The molecule has 9 nitrogen and oxygen atoms in total. The van der Waals surface area contributed by atoms with Gasteiger partial charge in [-0.25, -0.2) is 4.79 Å². The van der Waals surface area contributed by atoms with Crippen LogP contribution in [0.3, 0.4) is 0 Å². The first-order valence-electron chi connectivity index (χ1n) is 13.1. The molecule has 0 radical (unpaired) electrons. The predicted molar refractivity (Wildman–Crippen MR) is 136 cm³/mol. The van der Waals surface area contributed by atoms with Crippen molar-refractivity contribution in [3.8, 4) is 0 Å². The van der Waals surface area contributed by atoms with Gasteiger partial charge < -0.3 is 24.7 Å². The predicted octanol–water partition coefficient (Wildman–Crippen LogP) is 3.83. The number of amides is 3. The van der Waals surface area contributed by atoms with Crippen LogP contribution in [-0.4, -0.2) is 53.8 Å². The van der Waals surface area contributed by atoms with E-state index in [4.69, 9.17) is 9.15 Å². The highest BCUT2D eigenvalue weighted by atomic mass is 16.6. The summed E-state index contributed by atoms with van der Waals surface area (Å²) in [6.07, 6.45) is 7.77. The molecule has 1 saturated heterocycles. The molecule has 4 rings (SSSR count). The Balaban J connectivity index is 1.34. The van der Waals surface area contributed by atoms with Crippen molar-refractivity contribution in [2.75, 3.05) is 13.1 Å². The Morgan fingerprint density at radius 3 is 2.51 bits per heavy atom. The number of Topliss-reactive ketones (excluding diaryl/α,β-unsaturated/α-hetero) is 1. The fourth-order valence-corrected chi connectivity index (χ4v) is 5.04. The smallest absolute Gasteiger partial charge is 0.410 e. The van der Waals surface area contributed by atoms with Gasteiger partial charge in [-0.15, -0.1) is 0 Å². The van der Waals surface area contributed by atoms with Crippen LogP contribution < -0.4 is 10.6 Å². The molecule has 0 unspecified atom stereocenters. The van der Waals surface area contributed by atoms with Gasteiger partial charge in [0.1, 0.15) is 12.6 Å². The summed E-state index contributed by atoms with van der Waals surface area (Å²) in [6, 6.07) is 11.0. The molecule has 2 fully saturated rings. The molecule has 3 amide bonds. The van der Waals surface area contributed by atoms with Crippen LogP contribution in [0.1, 0.15) is 67.5 Å². The molecule has 1 saturated carbocycles. The second-order valence-electron chi connectivity index (χ2n) is 9.87. The molecule has 1 aromatic heterocycles. The minimum Gasteiger partial charge on any atom is -0.459 e. The average Bonchev–Trinajstić information content (AvgIpc) is 3.40. The fraction of sp³-hybridized carbons (Fsp3) is 0.500. The first-order chi connectivity index (χ1) is 18.0. The Labute approximate surface area is 216 Å². The lowest BCUT2D eigenvalue weighted by Gasteiger charge is -2.27. The lowest BCUT2D eigenvalue weighted by atomic mass is 9.84. The second kappa shape index (κ2) is 13.1. The van der Waals surface area contributed by atoms with Gasteiger partial charge in [-0.3, -0.25) is 14.4 Å². The molecule has 2 aliphatic rings.